The van der Waals surface area contributed by atoms with Gasteiger partial charge in [0, 0.05) is 0 Å². The molecule has 0 spiro atoms. The first kappa shape index (κ1) is 15.1. The van der Waals surface area contributed by atoms with Gasteiger partial charge >= 0.3 is 0 Å². The van der Waals surface area contributed by atoms with Crippen LogP contribution in [0.5, 0.6) is 5.75 Å². The van der Waals surface area contributed by atoms with E-state index in [-0.39, 0.29) is 17.7 Å². The predicted octanol–water partition coefficient (Wildman–Crippen LogP) is 2.14. The van der Waals surface area contributed by atoms with Crippen LogP contribution in [0.15, 0.2) is 54.6 Å². The van der Waals surface area contributed by atoms with E-state index in [2.05, 4.69) is 5.32 Å². The van der Waals surface area contributed by atoms with E-state index in [4.69, 9.17) is 5.73 Å². The molecule has 2 atom stereocenters. The molecule has 0 fully saturated rings. The van der Waals surface area contributed by atoms with Gasteiger partial charge in [-0.3, -0.25) is 4.79 Å². The van der Waals surface area contributed by atoms with E-state index < -0.39 is 6.04 Å². The lowest BCUT2D eigenvalue weighted by Gasteiger charge is -2.18. The van der Waals surface area contributed by atoms with E-state index in [1.165, 1.54) is 0 Å². The number of hydrogen-bond acceptors (Lipinski definition) is 3. The lowest BCUT2D eigenvalue weighted by Crippen LogP contribution is -2.42. The largest absolute Gasteiger partial charge is 0.508 e. The average Bonchev–Trinajstić information content (AvgIpc) is 2.50. The molecule has 2 aromatic rings. The van der Waals surface area contributed by atoms with Crippen LogP contribution in [0, 0.1) is 0 Å². The highest BCUT2D eigenvalue weighted by Crippen LogP contribution is 2.13. The van der Waals surface area contributed by atoms with Crippen LogP contribution in [-0.4, -0.2) is 17.1 Å². The van der Waals surface area contributed by atoms with Crippen LogP contribution in [0.4, 0.5) is 0 Å². The van der Waals surface area contributed by atoms with E-state index in [1.54, 1.807) is 24.3 Å². The maximum Gasteiger partial charge on any atom is 0.237 e. The Kier molecular flexibility index (Phi) is 4.95. The highest BCUT2D eigenvalue weighted by atomic mass is 16.3. The Morgan fingerprint density at radius 2 is 1.76 bits per heavy atom. The fourth-order valence-electron chi connectivity index (χ4n) is 2.12. The lowest BCUT2D eigenvalue weighted by atomic mass is 10.0. The van der Waals surface area contributed by atoms with Crippen LogP contribution in [-0.2, 0) is 11.2 Å². The number of hydrogen-bond donors (Lipinski definition) is 3. The van der Waals surface area contributed by atoms with Gasteiger partial charge in [0.1, 0.15) is 5.75 Å². The summed E-state index contributed by atoms with van der Waals surface area (Å²) in [6, 6.07) is 15.8. The van der Waals surface area contributed by atoms with Crippen LogP contribution < -0.4 is 11.1 Å². The molecular weight excluding hydrogens is 264 g/mol. The van der Waals surface area contributed by atoms with Crippen LogP contribution in [0.3, 0.4) is 0 Å². The Labute approximate surface area is 124 Å². The molecule has 2 aromatic carbocycles. The van der Waals surface area contributed by atoms with Gasteiger partial charge in [-0.15, -0.1) is 0 Å². The number of carbonyl (C=O) groups is 1. The Morgan fingerprint density at radius 1 is 1.14 bits per heavy atom. The molecule has 0 aliphatic rings. The van der Waals surface area contributed by atoms with Gasteiger partial charge < -0.3 is 16.2 Å². The monoisotopic (exact) mass is 284 g/mol. The summed E-state index contributed by atoms with van der Waals surface area (Å²) >= 11 is 0. The first-order valence-electron chi connectivity index (χ1n) is 6.95. The van der Waals surface area contributed by atoms with E-state index >= 15 is 0 Å². The number of aromatic hydroxyl groups is 1. The van der Waals surface area contributed by atoms with Crippen molar-refractivity contribution in [2.75, 3.05) is 0 Å². The van der Waals surface area contributed by atoms with Crippen molar-refractivity contribution in [3.05, 3.63) is 65.7 Å². The van der Waals surface area contributed by atoms with Crippen LogP contribution in [0.1, 0.15) is 24.1 Å². The Bertz CT molecular complexity index is 581. The third-order valence-electron chi connectivity index (χ3n) is 3.39. The molecule has 0 aromatic heterocycles. The maximum absolute atomic E-state index is 12.1. The molecule has 0 bridgehead atoms. The molecule has 0 saturated carbocycles. The summed E-state index contributed by atoms with van der Waals surface area (Å²) in [7, 11) is 0. The minimum atomic E-state index is -0.610. The van der Waals surface area contributed by atoms with Gasteiger partial charge in [0.2, 0.25) is 5.91 Å². The summed E-state index contributed by atoms with van der Waals surface area (Å²) in [5, 5.41) is 12.1. The second-order valence-electron chi connectivity index (χ2n) is 5.12. The third-order valence-corrected chi connectivity index (χ3v) is 3.39. The molecule has 110 valence electrons. The van der Waals surface area contributed by atoms with Crippen LogP contribution in [0.25, 0.3) is 0 Å². The standard InChI is InChI=1S/C17H20N2O2/c1-12(14-5-3-2-4-6-14)19-17(21)16(18)11-13-7-9-15(20)10-8-13/h2-10,12,16,20H,11,18H2,1H3,(H,19,21)/t12-,16-/m0/s1. The van der Waals surface area contributed by atoms with Gasteiger partial charge in [-0.1, -0.05) is 42.5 Å². The first-order chi connectivity index (χ1) is 10.1. The number of carbonyl (C=O) groups excluding carboxylic acids is 1. The highest BCUT2D eigenvalue weighted by molar-refractivity contribution is 5.82. The van der Waals surface area contributed by atoms with Gasteiger partial charge in [0.25, 0.3) is 0 Å². The lowest BCUT2D eigenvalue weighted by molar-refractivity contribution is -0.123. The minimum absolute atomic E-state index is 0.0791. The number of benzene rings is 2. The molecule has 0 aliphatic heterocycles. The fraction of sp³-hybridized carbons (Fsp3) is 0.235. The average molecular weight is 284 g/mol. The summed E-state index contributed by atoms with van der Waals surface area (Å²) in [6.45, 7) is 1.93. The van der Waals surface area contributed by atoms with Crippen molar-refractivity contribution in [2.24, 2.45) is 5.73 Å². The number of phenols is 1. The molecule has 0 saturated heterocycles. The molecule has 4 nitrogen and oxygen atoms in total. The van der Waals surface area contributed by atoms with E-state index in [0.29, 0.717) is 6.42 Å². The summed E-state index contributed by atoms with van der Waals surface area (Å²) in [5.41, 5.74) is 7.90. The van der Waals surface area contributed by atoms with Crippen molar-refractivity contribution >= 4 is 5.91 Å². The molecule has 0 heterocycles. The maximum atomic E-state index is 12.1. The Balaban J connectivity index is 1.92. The first-order valence-corrected chi connectivity index (χ1v) is 6.95. The molecule has 2 rings (SSSR count). The van der Waals surface area contributed by atoms with Crippen molar-refractivity contribution in [2.45, 2.75) is 25.4 Å². The van der Waals surface area contributed by atoms with Gasteiger partial charge in [-0.2, -0.15) is 0 Å². The molecule has 4 heteroatoms. The molecule has 0 radical (unpaired) electrons. The van der Waals surface area contributed by atoms with Crippen molar-refractivity contribution in [3.8, 4) is 5.75 Å². The summed E-state index contributed by atoms with van der Waals surface area (Å²) in [5.74, 6) is 0.0221. The van der Waals surface area contributed by atoms with Gasteiger partial charge in [0.05, 0.1) is 12.1 Å². The smallest absolute Gasteiger partial charge is 0.237 e. The number of phenolic OH excluding ortho intramolecular Hbond substituents is 1. The molecule has 1 amide bonds. The zero-order valence-corrected chi connectivity index (χ0v) is 12.0. The second kappa shape index (κ2) is 6.90. The minimum Gasteiger partial charge on any atom is -0.508 e. The number of rotatable bonds is 5. The summed E-state index contributed by atoms with van der Waals surface area (Å²) < 4.78 is 0. The highest BCUT2D eigenvalue weighted by Gasteiger charge is 2.16. The zero-order valence-electron chi connectivity index (χ0n) is 12.0. The van der Waals surface area contributed by atoms with E-state index in [1.807, 2.05) is 37.3 Å². The van der Waals surface area contributed by atoms with Gasteiger partial charge in [-0.05, 0) is 36.6 Å². The summed E-state index contributed by atoms with van der Waals surface area (Å²) in [6.07, 6.45) is 0.438. The number of nitrogens with one attached hydrogen (secondary N) is 1. The van der Waals surface area contributed by atoms with Gasteiger partial charge in [0.15, 0.2) is 0 Å². The van der Waals surface area contributed by atoms with Crippen molar-refractivity contribution in [3.63, 3.8) is 0 Å². The van der Waals surface area contributed by atoms with Crippen molar-refractivity contribution in [1.29, 1.82) is 0 Å². The Hall–Kier alpha value is -2.33. The third kappa shape index (κ3) is 4.33. The quantitative estimate of drug-likeness (QED) is 0.787. The molecular formula is C17H20N2O2. The number of amides is 1. The van der Waals surface area contributed by atoms with Crippen molar-refractivity contribution in [1.82, 2.24) is 5.32 Å². The van der Waals surface area contributed by atoms with Crippen molar-refractivity contribution < 1.29 is 9.90 Å². The fourth-order valence-corrected chi connectivity index (χ4v) is 2.12. The van der Waals surface area contributed by atoms with E-state index in [0.717, 1.165) is 11.1 Å². The number of nitrogens with two attached hydrogens (primary N) is 1. The topological polar surface area (TPSA) is 75.4 Å². The SMILES string of the molecule is C[C@H](NC(=O)[C@@H](N)Cc1ccc(O)cc1)c1ccccc1. The second-order valence-corrected chi connectivity index (χ2v) is 5.12. The summed E-state index contributed by atoms with van der Waals surface area (Å²) in [4.78, 5) is 12.1. The molecule has 0 aliphatic carbocycles. The van der Waals surface area contributed by atoms with E-state index in [9.17, 15) is 9.90 Å². The molecule has 0 unspecified atom stereocenters. The van der Waals surface area contributed by atoms with Crippen LogP contribution in [0.2, 0.25) is 0 Å². The molecule has 4 N–H and O–H groups in total. The predicted molar refractivity (Wildman–Crippen MR) is 82.8 cm³/mol. The molecule has 21 heavy (non-hydrogen) atoms. The van der Waals surface area contributed by atoms with Crippen LogP contribution >= 0.6 is 0 Å². The Morgan fingerprint density at radius 3 is 2.38 bits per heavy atom. The zero-order chi connectivity index (χ0) is 15.2. The van der Waals surface area contributed by atoms with Gasteiger partial charge in [-0.25, -0.2) is 0 Å². The normalized spacial score (nSPS) is 13.4.